The lowest BCUT2D eigenvalue weighted by atomic mass is 10.0. The first-order valence-corrected chi connectivity index (χ1v) is 12.5. The molecule has 2 saturated heterocycles. The van der Waals surface area contributed by atoms with E-state index in [-0.39, 0.29) is 21.9 Å². The summed E-state index contributed by atoms with van der Waals surface area (Å²) in [5.74, 6) is 0.0975. The number of sulfonamides is 1. The van der Waals surface area contributed by atoms with Gasteiger partial charge in [0, 0.05) is 43.8 Å². The van der Waals surface area contributed by atoms with Crippen LogP contribution in [0.1, 0.15) is 55.8 Å². The molecule has 0 bridgehead atoms. The van der Waals surface area contributed by atoms with E-state index in [9.17, 15) is 13.2 Å². The SMILES string of the molecule is CC1CCCN(S(=O)(=O)c2cc(C(=O)NC3CCN(C4CC4)CC3)ccc2Cl)C1. The highest BCUT2D eigenvalue weighted by Crippen LogP contribution is 2.30. The Labute approximate surface area is 178 Å². The number of nitrogens with one attached hydrogen (secondary N) is 1. The van der Waals surface area contributed by atoms with Gasteiger partial charge in [-0.05, 0) is 62.6 Å². The first kappa shape index (κ1) is 21.1. The van der Waals surface area contributed by atoms with Crippen LogP contribution in [0.15, 0.2) is 23.1 Å². The van der Waals surface area contributed by atoms with Crippen LogP contribution in [0.5, 0.6) is 0 Å². The van der Waals surface area contributed by atoms with Crippen molar-refractivity contribution in [2.24, 2.45) is 5.92 Å². The van der Waals surface area contributed by atoms with Gasteiger partial charge in [-0.1, -0.05) is 18.5 Å². The van der Waals surface area contributed by atoms with E-state index >= 15 is 0 Å². The normalized spacial score (nSPS) is 25.1. The van der Waals surface area contributed by atoms with Gasteiger partial charge in [-0.3, -0.25) is 4.79 Å². The fraction of sp³-hybridized carbons (Fsp3) is 0.667. The Hall–Kier alpha value is -1.15. The van der Waals surface area contributed by atoms with Crippen LogP contribution in [-0.2, 0) is 10.0 Å². The minimum atomic E-state index is -3.71. The molecule has 0 radical (unpaired) electrons. The molecule has 1 aromatic carbocycles. The highest BCUT2D eigenvalue weighted by Gasteiger charge is 2.33. The molecule has 1 amide bonds. The van der Waals surface area contributed by atoms with Crippen LogP contribution in [0.2, 0.25) is 5.02 Å². The molecule has 3 aliphatic rings. The van der Waals surface area contributed by atoms with Crippen molar-refractivity contribution >= 4 is 27.5 Å². The zero-order chi connectivity index (χ0) is 20.6. The second-order valence-corrected chi connectivity index (χ2v) is 11.1. The van der Waals surface area contributed by atoms with Crippen LogP contribution in [0.3, 0.4) is 0 Å². The molecule has 3 fully saturated rings. The van der Waals surface area contributed by atoms with Crippen molar-refractivity contribution in [3.63, 3.8) is 0 Å². The summed E-state index contributed by atoms with van der Waals surface area (Å²) in [6, 6.07) is 5.46. The highest BCUT2D eigenvalue weighted by atomic mass is 35.5. The molecule has 29 heavy (non-hydrogen) atoms. The summed E-state index contributed by atoms with van der Waals surface area (Å²) < 4.78 is 27.8. The van der Waals surface area contributed by atoms with Crippen LogP contribution in [0.4, 0.5) is 0 Å². The lowest BCUT2D eigenvalue weighted by Crippen LogP contribution is -2.45. The smallest absolute Gasteiger partial charge is 0.251 e. The number of rotatable bonds is 5. The van der Waals surface area contributed by atoms with Gasteiger partial charge >= 0.3 is 0 Å². The van der Waals surface area contributed by atoms with Gasteiger partial charge in [-0.2, -0.15) is 4.31 Å². The number of amides is 1. The molecule has 0 spiro atoms. The van der Waals surface area contributed by atoms with Crippen molar-refractivity contribution in [3.05, 3.63) is 28.8 Å². The number of halogens is 1. The van der Waals surface area contributed by atoms with Crippen LogP contribution in [0.25, 0.3) is 0 Å². The van der Waals surface area contributed by atoms with Gasteiger partial charge in [0.25, 0.3) is 5.91 Å². The summed E-state index contributed by atoms with van der Waals surface area (Å²) in [7, 11) is -3.71. The number of piperidine rings is 2. The third-order valence-electron chi connectivity index (χ3n) is 6.36. The molecule has 4 rings (SSSR count). The van der Waals surface area contributed by atoms with E-state index in [2.05, 4.69) is 17.1 Å². The van der Waals surface area contributed by atoms with Crippen molar-refractivity contribution in [3.8, 4) is 0 Å². The van der Waals surface area contributed by atoms with E-state index < -0.39 is 10.0 Å². The number of nitrogens with zero attached hydrogens (tertiary/aromatic N) is 2. The minimum Gasteiger partial charge on any atom is -0.349 e. The number of benzene rings is 1. The fourth-order valence-electron chi connectivity index (χ4n) is 4.46. The summed E-state index contributed by atoms with van der Waals surface area (Å²) in [5.41, 5.74) is 0.350. The van der Waals surface area contributed by atoms with E-state index in [1.807, 2.05) is 0 Å². The van der Waals surface area contributed by atoms with Crippen molar-refractivity contribution < 1.29 is 13.2 Å². The average Bonchev–Trinajstić information content (AvgIpc) is 3.54. The summed E-state index contributed by atoms with van der Waals surface area (Å²) in [6.45, 7) is 5.08. The Morgan fingerprint density at radius 3 is 2.48 bits per heavy atom. The lowest BCUT2D eigenvalue weighted by molar-refractivity contribution is 0.0909. The molecule has 1 aromatic rings. The van der Waals surface area contributed by atoms with E-state index in [0.29, 0.717) is 24.6 Å². The first-order valence-electron chi connectivity index (χ1n) is 10.7. The molecule has 0 aromatic heterocycles. The zero-order valence-electron chi connectivity index (χ0n) is 16.9. The maximum absolute atomic E-state index is 13.1. The number of likely N-dealkylation sites (tertiary alicyclic amines) is 1. The summed E-state index contributed by atoms with van der Waals surface area (Å²) in [6.07, 6.45) is 6.35. The Morgan fingerprint density at radius 1 is 1.10 bits per heavy atom. The number of hydrogen-bond acceptors (Lipinski definition) is 4. The largest absolute Gasteiger partial charge is 0.349 e. The van der Waals surface area contributed by atoms with Crippen molar-refractivity contribution in [2.45, 2.75) is 62.4 Å². The summed E-state index contributed by atoms with van der Waals surface area (Å²) in [5, 5.41) is 3.25. The first-order chi connectivity index (χ1) is 13.8. The molecule has 1 aliphatic carbocycles. The van der Waals surface area contributed by atoms with Crippen LogP contribution in [-0.4, -0.2) is 61.8 Å². The summed E-state index contributed by atoms with van der Waals surface area (Å²) >= 11 is 6.24. The predicted octanol–water partition coefficient (Wildman–Crippen LogP) is 3.12. The van der Waals surface area contributed by atoms with Crippen molar-refractivity contribution in [1.29, 1.82) is 0 Å². The Morgan fingerprint density at radius 2 is 1.83 bits per heavy atom. The molecule has 160 valence electrons. The number of carbonyl (C=O) groups excluding carboxylic acids is 1. The average molecular weight is 440 g/mol. The predicted molar refractivity (Wildman–Crippen MR) is 114 cm³/mol. The van der Waals surface area contributed by atoms with Crippen LogP contribution < -0.4 is 5.32 Å². The number of carbonyl (C=O) groups is 1. The maximum Gasteiger partial charge on any atom is 0.251 e. The molecule has 1 atom stereocenters. The van der Waals surface area contributed by atoms with Gasteiger partial charge in [0.15, 0.2) is 0 Å². The van der Waals surface area contributed by atoms with Gasteiger partial charge in [-0.15, -0.1) is 0 Å². The quantitative estimate of drug-likeness (QED) is 0.765. The Kier molecular flexibility index (Phi) is 6.21. The summed E-state index contributed by atoms with van der Waals surface area (Å²) in [4.78, 5) is 15.3. The lowest BCUT2D eigenvalue weighted by Gasteiger charge is -2.32. The van der Waals surface area contributed by atoms with Gasteiger partial charge < -0.3 is 10.2 Å². The molecule has 1 N–H and O–H groups in total. The Balaban J connectivity index is 1.45. The van der Waals surface area contributed by atoms with Gasteiger partial charge in [0.05, 0.1) is 5.02 Å². The molecule has 8 heteroatoms. The van der Waals surface area contributed by atoms with E-state index in [1.165, 1.54) is 29.3 Å². The van der Waals surface area contributed by atoms with E-state index in [1.54, 1.807) is 6.07 Å². The van der Waals surface area contributed by atoms with Gasteiger partial charge in [0.1, 0.15) is 4.90 Å². The van der Waals surface area contributed by atoms with Crippen LogP contribution >= 0.6 is 11.6 Å². The Bertz CT molecular complexity index is 864. The van der Waals surface area contributed by atoms with Crippen molar-refractivity contribution in [2.75, 3.05) is 26.2 Å². The second-order valence-electron chi connectivity index (χ2n) is 8.77. The fourth-order valence-corrected chi connectivity index (χ4v) is 6.56. The van der Waals surface area contributed by atoms with Gasteiger partial charge in [-0.25, -0.2) is 8.42 Å². The van der Waals surface area contributed by atoms with Crippen LogP contribution in [0, 0.1) is 5.92 Å². The molecule has 2 heterocycles. The molecule has 6 nitrogen and oxygen atoms in total. The standard InChI is InChI=1S/C21H30ClN3O3S/c1-15-3-2-10-25(14-15)29(27,28)20-13-16(4-7-19(20)22)21(26)23-17-8-11-24(12-9-17)18-5-6-18/h4,7,13,15,17-18H,2-3,5-6,8-12,14H2,1H3,(H,23,26). The molecule has 2 aliphatic heterocycles. The topological polar surface area (TPSA) is 69.7 Å². The monoisotopic (exact) mass is 439 g/mol. The third kappa shape index (κ3) is 4.79. The highest BCUT2D eigenvalue weighted by molar-refractivity contribution is 7.89. The molecule has 1 saturated carbocycles. The second kappa shape index (κ2) is 8.53. The minimum absolute atomic E-state index is 0.0319. The van der Waals surface area contributed by atoms with Crippen molar-refractivity contribution in [1.82, 2.24) is 14.5 Å². The third-order valence-corrected chi connectivity index (χ3v) is 8.71. The number of hydrogen-bond donors (Lipinski definition) is 1. The molecule has 1 unspecified atom stereocenters. The maximum atomic E-state index is 13.1. The van der Waals surface area contributed by atoms with E-state index in [0.717, 1.165) is 44.8 Å². The zero-order valence-corrected chi connectivity index (χ0v) is 18.5. The molecular formula is C21H30ClN3O3S. The molecular weight excluding hydrogens is 410 g/mol. The van der Waals surface area contributed by atoms with E-state index in [4.69, 9.17) is 11.6 Å². The van der Waals surface area contributed by atoms with Gasteiger partial charge in [0.2, 0.25) is 10.0 Å².